The number of hydrogen-bond acceptors (Lipinski definition) is 6. The van der Waals surface area contributed by atoms with E-state index in [0.717, 1.165) is 17.7 Å². The SMILES string of the molecule is COc1cc2c(cc1OC)-c1c(oc3c4c(ccc3c1=O)O[C@H](C(C)C)C4)CO2. The molecule has 0 bridgehead atoms. The van der Waals surface area contributed by atoms with Gasteiger partial charge < -0.3 is 23.4 Å². The molecule has 6 heteroatoms. The van der Waals surface area contributed by atoms with Crippen LogP contribution in [0.4, 0.5) is 0 Å². The monoisotopic (exact) mass is 394 g/mol. The third kappa shape index (κ3) is 2.58. The van der Waals surface area contributed by atoms with Crippen molar-refractivity contribution >= 4 is 11.0 Å². The molecule has 2 aromatic carbocycles. The molecule has 0 fully saturated rings. The highest BCUT2D eigenvalue weighted by atomic mass is 16.5. The summed E-state index contributed by atoms with van der Waals surface area (Å²) >= 11 is 0. The number of hydrogen-bond donors (Lipinski definition) is 0. The van der Waals surface area contributed by atoms with Crippen molar-refractivity contribution in [3.63, 3.8) is 0 Å². The van der Waals surface area contributed by atoms with Gasteiger partial charge in [-0.3, -0.25) is 4.79 Å². The molecule has 5 rings (SSSR count). The molecule has 0 unspecified atom stereocenters. The third-order valence-corrected chi connectivity index (χ3v) is 5.73. The predicted molar refractivity (Wildman–Crippen MR) is 108 cm³/mol. The van der Waals surface area contributed by atoms with Gasteiger partial charge in [0.25, 0.3) is 0 Å². The van der Waals surface area contributed by atoms with E-state index in [1.165, 1.54) is 0 Å². The average Bonchev–Trinajstić information content (AvgIpc) is 3.17. The van der Waals surface area contributed by atoms with Gasteiger partial charge in [0.2, 0.25) is 5.43 Å². The molecule has 3 heterocycles. The second-order valence-electron chi connectivity index (χ2n) is 7.74. The van der Waals surface area contributed by atoms with Crippen molar-refractivity contribution < 1.29 is 23.4 Å². The first-order chi connectivity index (χ1) is 14.0. The molecular formula is C23H22O6. The van der Waals surface area contributed by atoms with Crippen molar-refractivity contribution in [1.29, 1.82) is 0 Å². The Bertz CT molecular complexity index is 1190. The lowest BCUT2D eigenvalue weighted by Gasteiger charge is -2.21. The molecule has 0 radical (unpaired) electrons. The zero-order valence-corrected chi connectivity index (χ0v) is 16.8. The first kappa shape index (κ1) is 17.9. The largest absolute Gasteiger partial charge is 0.493 e. The van der Waals surface area contributed by atoms with Crippen LogP contribution in [0.25, 0.3) is 22.1 Å². The Labute approximate surface area is 167 Å². The molecule has 2 aliphatic heterocycles. The molecule has 150 valence electrons. The van der Waals surface area contributed by atoms with Crippen molar-refractivity contribution in [2.45, 2.75) is 33.0 Å². The number of ether oxygens (including phenoxy) is 4. The Morgan fingerprint density at radius 3 is 2.55 bits per heavy atom. The van der Waals surface area contributed by atoms with Crippen LogP contribution in [-0.2, 0) is 13.0 Å². The van der Waals surface area contributed by atoms with Crippen LogP contribution >= 0.6 is 0 Å². The van der Waals surface area contributed by atoms with Gasteiger partial charge >= 0.3 is 0 Å². The lowest BCUT2D eigenvalue weighted by molar-refractivity contribution is 0.179. The maximum atomic E-state index is 13.5. The predicted octanol–water partition coefficient (Wildman–Crippen LogP) is 4.33. The zero-order chi connectivity index (χ0) is 20.3. The summed E-state index contributed by atoms with van der Waals surface area (Å²) in [4.78, 5) is 13.5. The molecule has 6 nitrogen and oxygen atoms in total. The van der Waals surface area contributed by atoms with E-state index in [1.54, 1.807) is 32.4 Å². The van der Waals surface area contributed by atoms with Crippen molar-refractivity contribution in [1.82, 2.24) is 0 Å². The number of fused-ring (bicyclic) bond motifs is 6. The molecule has 1 aromatic heterocycles. The molecule has 0 amide bonds. The Kier molecular flexibility index (Phi) is 3.98. The van der Waals surface area contributed by atoms with Gasteiger partial charge in [-0.15, -0.1) is 0 Å². The maximum absolute atomic E-state index is 13.5. The quantitative estimate of drug-likeness (QED) is 0.659. The summed E-state index contributed by atoms with van der Waals surface area (Å²) in [7, 11) is 3.13. The topological polar surface area (TPSA) is 67.1 Å². The van der Waals surface area contributed by atoms with Gasteiger partial charge in [0.05, 0.1) is 25.2 Å². The first-order valence-electron chi connectivity index (χ1n) is 9.69. The van der Waals surface area contributed by atoms with E-state index in [-0.39, 0.29) is 18.1 Å². The minimum absolute atomic E-state index is 0.0752. The van der Waals surface area contributed by atoms with Crippen LogP contribution < -0.4 is 24.4 Å². The van der Waals surface area contributed by atoms with E-state index in [1.807, 2.05) is 6.07 Å². The smallest absolute Gasteiger partial charge is 0.201 e. The highest BCUT2D eigenvalue weighted by Crippen LogP contribution is 2.45. The Hall–Kier alpha value is -3.15. The summed E-state index contributed by atoms with van der Waals surface area (Å²) in [5.74, 6) is 3.34. The van der Waals surface area contributed by atoms with Crippen LogP contribution in [0.3, 0.4) is 0 Å². The minimum atomic E-state index is -0.0752. The van der Waals surface area contributed by atoms with Crippen LogP contribution in [0.5, 0.6) is 23.0 Å². The number of rotatable bonds is 3. The molecule has 29 heavy (non-hydrogen) atoms. The van der Waals surface area contributed by atoms with Crippen molar-refractivity contribution in [2.24, 2.45) is 5.92 Å². The molecule has 0 saturated carbocycles. The standard InChI is InChI=1S/C23H22O6/c1-11(2)16-8-14-15(28-16)6-5-12-22(24)21-13-7-18(25-3)19(26-4)9-17(13)27-10-20(21)29-23(12)14/h5-7,9,11,16H,8,10H2,1-4H3/t16-/m0/s1. The zero-order valence-electron chi connectivity index (χ0n) is 16.8. The summed E-state index contributed by atoms with van der Waals surface area (Å²) in [5.41, 5.74) is 2.64. The van der Waals surface area contributed by atoms with Gasteiger partial charge in [-0.1, -0.05) is 13.8 Å². The first-order valence-corrected chi connectivity index (χ1v) is 9.69. The lowest BCUT2D eigenvalue weighted by Crippen LogP contribution is -2.19. The Balaban J connectivity index is 1.73. The van der Waals surface area contributed by atoms with Crippen LogP contribution in [0.1, 0.15) is 25.2 Å². The van der Waals surface area contributed by atoms with Crippen LogP contribution in [-0.4, -0.2) is 20.3 Å². The summed E-state index contributed by atoms with van der Waals surface area (Å²) in [6.07, 6.45) is 0.819. The number of benzene rings is 2. The summed E-state index contributed by atoms with van der Waals surface area (Å²) in [6, 6.07) is 7.17. The molecule has 1 atom stereocenters. The van der Waals surface area contributed by atoms with Gasteiger partial charge in [-0.2, -0.15) is 0 Å². The fourth-order valence-electron chi connectivity index (χ4n) is 4.11. The third-order valence-electron chi connectivity index (χ3n) is 5.73. The maximum Gasteiger partial charge on any atom is 0.201 e. The minimum Gasteiger partial charge on any atom is -0.493 e. The summed E-state index contributed by atoms with van der Waals surface area (Å²) < 4.78 is 28.9. The van der Waals surface area contributed by atoms with Crippen molar-refractivity contribution in [2.75, 3.05) is 14.2 Å². The van der Waals surface area contributed by atoms with E-state index < -0.39 is 0 Å². The normalized spacial score (nSPS) is 16.7. The molecule has 0 N–H and O–H groups in total. The van der Waals surface area contributed by atoms with Crippen LogP contribution in [0.2, 0.25) is 0 Å². The van der Waals surface area contributed by atoms with Gasteiger partial charge in [0, 0.05) is 23.6 Å². The van der Waals surface area contributed by atoms with E-state index in [9.17, 15) is 4.79 Å². The molecule has 3 aromatic rings. The van der Waals surface area contributed by atoms with Gasteiger partial charge in [0.1, 0.15) is 29.8 Å². The van der Waals surface area contributed by atoms with E-state index in [2.05, 4.69) is 13.8 Å². The van der Waals surface area contributed by atoms with Crippen molar-refractivity contribution in [3.8, 4) is 34.1 Å². The average molecular weight is 394 g/mol. The molecule has 0 saturated heterocycles. The van der Waals surface area contributed by atoms with Crippen LogP contribution in [0, 0.1) is 5.92 Å². The molecule has 0 spiro atoms. The molecule has 0 aliphatic carbocycles. The fraction of sp³-hybridized carbons (Fsp3) is 0.348. The second-order valence-corrected chi connectivity index (χ2v) is 7.74. The lowest BCUT2D eigenvalue weighted by atomic mass is 9.96. The van der Waals surface area contributed by atoms with Gasteiger partial charge in [0.15, 0.2) is 17.3 Å². The van der Waals surface area contributed by atoms with Crippen LogP contribution in [0.15, 0.2) is 33.5 Å². The highest BCUT2D eigenvalue weighted by Gasteiger charge is 2.32. The number of methoxy groups -OCH3 is 2. The van der Waals surface area contributed by atoms with E-state index in [4.69, 9.17) is 23.4 Å². The second kappa shape index (κ2) is 6.44. The van der Waals surface area contributed by atoms with Crippen molar-refractivity contribution in [3.05, 3.63) is 45.8 Å². The summed E-state index contributed by atoms with van der Waals surface area (Å²) in [5, 5.41) is 0.554. The molecular weight excluding hydrogens is 372 g/mol. The summed E-state index contributed by atoms with van der Waals surface area (Å²) in [6.45, 7) is 4.44. The van der Waals surface area contributed by atoms with E-state index >= 15 is 0 Å². The Morgan fingerprint density at radius 2 is 1.83 bits per heavy atom. The molecule has 2 aliphatic rings. The van der Waals surface area contributed by atoms with Gasteiger partial charge in [-0.05, 0) is 24.1 Å². The highest BCUT2D eigenvalue weighted by molar-refractivity contribution is 5.89. The fourth-order valence-corrected chi connectivity index (χ4v) is 4.11. The van der Waals surface area contributed by atoms with Gasteiger partial charge in [-0.25, -0.2) is 0 Å². The Morgan fingerprint density at radius 1 is 1.07 bits per heavy atom. The van der Waals surface area contributed by atoms with E-state index in [0.29, 0.717) is 51.0 Å².